The summed E-state index contributed by atoms with van der Waals surface area (Å²) in [5.74, 6) is 0.250. The van der Waals surface area contributed by atoms with Gasteiger partial charge in [-0.15, -0.1) is 0 Å². The van der Waals surface area contributed by atoms with Gasteiger partial charge in [0, 0.05) is 11.1 Å². The Morgan fingerprint density at radius 1 is 1.00 bits per heavy atom. The van der Waals surface area contributed by atoms with Crippen LogP contribution in [0.5, 0.6) is 0 Å². The smallest absolute Gasteiger partial charge is 0.321 e. The van der Waals surface area contributed by atoms with E-state index in [0.29, 0.717) is 17.3 Å². The molecule has 0 saturated heterocycles. The molecule has 6 heteroatoms. The van der Waals surface area contributed by atoms with Crippen molar-refractivity contribution in [3.8, 4) is 22.8 Å². The molecule has 0 radical (unpaired) electrons. The molecule has 0 aliphatic carbocycles. The van der Waals surface area contributed by atoms with E-state index in [1.54, 1.807) is 6.92 Å². The second kappa shape index (κ2) is 4.73. The molecule has 0 spiro atoms. The summed E-state index contributed by atoms with van der Waals surface area (Å²) in [6, 6.07) is 9.80. The lowest BCUT2D eigenvalue weighted by molar-refractivity contribution is 0.387. The SMILES string of the molecule is Cc1nc(-c2ccccc2)c(C)c(-c2nc(=O)o[nH]2)n1. The minimum atomic E-state index is -0.670. The summed E-state index contributed by atoms with van der Waals surface area (Å²) < 4.78 is 4.61. The Balaban J connectivity index is 2.23. The summed E-state index contributed by atoms with van der Waals surface area (Å²) in [4.78, 5) is 23.6. The van der Waals surface area contributed by atoms with Crippen LogP contribution in [0, 0.1) is 13.8 Å². The van der Waals surface area contributed by atoms with Crippen LogP contribution < -0.4 is 5.76 Å². The fourth-order valence-corrected chi connectivity index (χ4v) is 2.07. The predicted molar refractivity (Wildman–Crippen MR) is 73.1 cm³/mol. The van der Waals surface area contributed by atoms with Crippen molar-refractivity contribution in [2.24, 2.45) is 0 Å². The van der Waals surface area contributed by atoms with Crippen molar-refractivity contribution >= 4 is 0 Å². The van der Waals surface area contributed by atoms with E-state index in [9.17, 15) is 4.79 Å². The van der Waals surface area contributed by atoms with Crippen LogP contribution in [0.4, 0.5) is 0 Å². The van der Waals surface area contributed by atoms with Gasteiger partial charge in [-0.05, 0) is 13.8 Å². The average molecular weight is 268 g/mol. The van der Waals surface area contributed by atoms with Gasteiger partial charge in [-0.25, -0.2) is 14.8 Å². The van der Waals surface area contributed by atoms with E-state index in [0.717, 1.165) is 16.8 Å². The van der Waals surface area contributed by atoms with E-state index in [2.05, 4.69) is 24.6 Å². The first-order chi connectivity index (χ1) is 9.65. The Morgan fingerprint density at radius 2 is 1.70 bits per heavy atom. The summed E-state index contributed by atoms with van der Waals surface area (Å²) in [6.07, 6.45) is 0. The number of benzene rings is 1. The maximum absolute atomic E-state index is 11.1. The Labute approximate surface area is 114 Å². The van der Waals surface area contributed by atoms with E-state index in [4.69, 9.17) is 0 Å². The van der Waals surface area contributed by atoms with Crippen LogP contribution in [0.2, 0.25) is 0 Å². The highest BCUT2D eigenvalue weighted by Crippen LogP contribution is 2.26. The van der Waals surface area contributed by atoms with Crippen molar-refractivity contribution in [2.75, 3.05) is 0 Å². The Kier molecular flexibility index (Phi) is 2.90. The van der Waals surface area contributed by atoms with Crippen LogP contribution in [-0.2, 0) is 0 Å². The van der Waals surface area contributed by atoms with E-state index < -0.39 is 5.76 Å². The molecule has 100 valence electrons. The summed E-state index contributed by atoms with van der Waals surface area (Å²) >= 11 is 0. The van der Waals surface area contributed by atoms with Crippen molar-refractivity contribution < 1.29 is 4.52 Å². The zero-order chi connectivity index (χ0) is 14.1. The fourth-order valence-electron chi connectivity index (χ4n) is 2.07. The van der Waals surface area contributed by atoms with Crippen LogP contribution in [-0.4, -0.2) is 20.1 Å². The third kappa shape index (κ3) is 2.11. The largest absolute Gasteiger partial charge is 0.460 e. The Morgan fingerprint density at radius 3 is 2.35 bits per heavy atom. The van der Waals surface area contributed by atoms with Gasteiger partial charge in [-0.1, -0.05) is 30.3 Å². The molecule has 3 rings (SSSR count). The van der Waals surface area contributed by atoms with Crippen molar-refractivity contribution in [1.29, 1.82) is 0 Å². The first kappa shape index (κ1) is 12.3. The third-order valence-corrected chi connectivity index (χ3v) is 2.97. The zero-order valence-corrected chi connectivity index (χ0v) is 11.0. The first-order valence-corrected chi connectivity index (χ1v) is 6.11. The van der Waals surface area contributed by atoms with Crippen molar-refractivity contribution in [1.82, 2.24) is 20.1 Å². The number of aromatic amines is 1. The molecule has 0 aliphatic rings. The lowest BCUT2D eigenvalue weighted by Gasteiger charge is -2.09. The van der Waals surface area contributed by atoms with Gasteiger partial charge in [0.15, 0.2) is 5.82 Å². The van der Waals surface area contributed by atoms with Crippen LogP contribution in [0.1, 0.15) is 11.4 Å². The molecular formula is C14H12N4O2. The maximum Gasteiger partial charge on any atom is 0.460 e. The minimum Gasteiger partial charge on any atom is -0.321 e. The van der Waals surface area contributed by atoms with Crippen LogP contribution in [0.15, 0.2) is 39.6 Å². The van der Waals surface area contributed by atoms with Crippen molar-refractivity contribution in [3.05, 3.63) is 52.3 Å². The summed E-state index contributed by atoms with van der Waals surface area (Å²) in [6.45, 7) is 3.69. The predicted octanol–water partition coefficient (Wildman–Crippen LogP) is 2.10. The molecule has 0 amide bonds. The number of H-pyrrole nitrogens is 1. The maximum atomic E-state index is 11.1. The highest BCUT2D eigenvalue weighted by atomic mass is 16.5. The molecule has 2 aromatic heterocycles. The Bertz CT molecular complexity index is 806. The van der Waals surface area contributed by atoms with Gasteiger partial charge in [0.2, 0.25) is 0 Å². The molecular weight excluding hydrogens is 256 g/mol. The van der Waals surface area contributed by atoms with Gasteiger partial charge in [-0.2, -0.15) is 10.1 Å². The molecule has 0 unspecified atom stereocenters. The molecule has 1 aromatic carbocycles. The number of nitrogens with one attached hydrogen (secondary N) is 1. The highest BCUT2D eigenvalue weighted by Gasteiger charge is 2.15. The highest BCUT2D eigenvalue weighted by molar-refractivity contribution is 5.70. The molecule has 0 fully saturated rings. The average Bonchev–Trinajstić information content (AvgIpc) is 2.88. The molecule has 3 aromatic rings. The number of rotatable bonds is 2. The summed E-state index contributed by atoms with van der Waals surface area (Å²) in [5.41, 5.74) is 3.22. The molecule has 20 heavy (non-hydrogen) atoms. The van der Waals surface area contributed by atoms with Crippen molar-refractivity contribution in [2.45, 2.75) is 13.8 Å². The van der Waals surface area contributed by atoms with Crippen LogP contribution in [0.25, 0.3) is 22.8 Å². The molecule has 0 atom stereocenters. The molecule has 0 aliphatic heterocycles. The molecule has 1 N–H and O–H groups in total. The van der Waals surface area contributed by atoms with E-state index in [1.165, 1.54) is 0 Å². The van der Waals surface area contributed by atoms with E-state index in [1.807, 2.05) is 37.3 Å². The van der Waals surface area contributed by atoms with E-state index in [-0.39, 0.29) is 0 Å². The second-order valence-corrected chi connectivity index (χ2v) is 4.39. The quantitative estimate of drug-likeness (QED) is 0.769. The monoisotopic (exact) mass is 268 g/mol. The van der Waals surface area contributed by atoms with Gasteiger partial charge >= 0.3 is 5.76 Å². The lowest BCUT2D eigenvalue weighted by Crippen LogP contribution is -2.02. The number of hydrogen-bond donors (Lipinski definition) is 1. The molecule has 0 bridgehead atoms. The van der Waals surface area contributed by atoms with Crippen LogP contribution in [0.3, 0.4) is 0 Å². The fraction of sp³-hybridized carbons (Fsp3) is 0.143. The topological polar surface area (TPSA) is 84.7 Å². The van der Waals surface area contributed by atoms with Gasteiger partial charge in [0.05, 0.1) is 5.69 Å². The number of aryl methyl sites for hydroxylation is 1. The Hall–Kier alpha value is -2.76. The first-order valence-electron chi connectivity index (χ1n) is 6.11. The van der Waals surface area contributed by atoms with E-state index >= 15 is 0 Å². The number of aromatic nitrogens is 4. The van der Waals surface area contributed by atoms with Gasteiger partial charge in [0.1, 0.15) is 11.5 Å². The number of nitrogens with zero attached hydrogens (tertiary/aromatic N) is 3. The third-order valence-electron chi connectivity index (χ3n) is 2.97. The van der Waals surface area contributed by atoms with Gasteiger partial charge in [-0.3, -0.25) is 0 Å². The zero-order valence-electron chi connectivity index (χ0n) is 11.0. The minimum absolute atomic E-state index is 0.315. The molecule has 6 nitrogen and oxygen atoms in total. The second-order valence-electron chi connectivity index (χ2n) is 4.39. The van der Waals surface area contributed by atoms with Crippen LogP contribution >= 0.6 is 0 Å². The standard InChI is InChI=1S/C14H12N4O2/c1-8-11(10-6-4-3-5-7-10)15-9(2)16-12(8)13-17-14(19)20-18-13/h3-7H,1-2H3,(H,17,18,19). The van der Waals surface area contributed by atoms with Gasteiger partial charge < -0.3 is 4.52 Å². The van der Waals surface area contributed by atoms with Gasteiger partial charge in [0.25, 0.3) is 0 Å². The van der Waals surface area contributed by atoms with Crippen molar-refractivity contribution in [3.63, 3.8) is 0 Å². The molecule has 0 saturated carbocycles. The summed E-state index contributed by atoms with van der Waals surface area (Å²) in [7, 11) is 0. The normalized spacial score (nSPS) is 10.7. The lowest BCUT2D eigenvalue weighted by atomic mass is 10.1. The summed E-state index contributed by atoms with van der Waals surface area (Å²) in [5, 5.41) is 2.48. The molecule has 2 heterocycles. The number of hydrogen-bond acceptors (Lipinski definition) is 5.